The van der Waals surface area contributed by atoms with Gasteiger partial charge >= 0.3 is 11.8 Å². The number of amides is 2. The van der Waals surface area contributed by atoms with Crippen LogP contribution in [0.3, 0.4) is 0 Å². The molecule has 26 heavy (non-hydrogen) atoms. The fraction of sp³-hybridized carbons (Fsp3) is 0.333. The van der Waals surface area contributed by atoms with Gasteiger partial charge in [-0.1, -0.05) is 23.8 Å². The van der Waals surface area contributed by atoms with Crippen LogP contribution in [0.4, 0.5) is 5.69 Å². The Morgan fingerprint density at radius 3 is 2.38 bits per heavy atom. The molecule has 1 unspecified atom stereocenters. The van der Waals surface area contributed by atoms with E-state index in [1.165, 1.54) is 0 Å². The van der Waals surface area contributed by atoms with Crippen LogP contribution in [0.2, 0.25) is 0 Å². The summed E-state index contributed by atoms with van der Waals surface area (Å²) in [6.07, 6.45) is 0. The molecule has 0 fully saturated rings. The predicted octanol–water partition coefficient (Wildman–Crippen LogP) is 3.83. The van der Waals surface area contributed by atoms with Crippen molar-refractivity contribution in [3.05, 3.63) is 58.7 Å². The first-order chi connectivity index (χ1) is 12.3. The van der Waals surface area contributed by atoms with Crippen LogP contribution in [0.15, 0.2) is 36.4 Å². The molecule has 2 N–H and O–H groups in total. The standard InChI is InChI=1S/C21H26N2O3/c1-6-26-19-10-7-13(2)11-18(19)16(5)22-20(24)21(25)23-17-9-8-14(3)15(4)12-17/h7-12,16H,6H2,1-5H3,(H,22,24)(H,23,25). The van der Waals surface area contributed by atoms with Crippen molar-refractivity contribution >= 4 is 17.5 Å². The Kier molecular flexibility index (Phi) is 6.39. The van der Waals surface area contributed by atoms with Crippen LogP contribution >= 0.6 is 0 Å². The summed E-state index contributed by atoms with van der Waals surface area (Å²) in [7, 11) is 0. The monoisotopic (exact) mass is 354 g/mol. The molecule has 1 atom stereocenters. The first-order valence-corrected chi connectivity index (χ1v) is 8.74. The molecule has 2 aromatic rings. The van der Waals surface area contributed by atoms with Gasteiger partial charge in [-0.05, 0) is 63.9 Å². The van der Waals surface area contributed by atoms with Crippen LogP contribution in [0.1, 0.15) is 42.1 Å². The number of ether oxygens (including phenoxy) is 1. The van der Waals surface area contributed by atoms with E-state index >= 15 is 0 Å². The maximum absolute atomic E-state index is 12.3. The minimum absolute atomic E-state index is 0.352. The van der Waals surface area contributed by atoms with Crippen molar-refractivity contribution in [1.29, 1.82) is 0 Å². The van der Waals surface area contributed by atoms with Crippen molar-refractivity contribution in [2.75, 3.05) is 11.9 Å². The molecule has 5 nitrogen and oxygen atoms in total. The van der Waals surface area contributed by atoms with Gasteiger partial charge in [0.2, 0.25) is 0 Å². The lowest BCUT2D eigenvalue weighted by atomic mass is 10.0. The number of rotatable bonds is 5. The number of carbonyl (C=O) groups excluding carboxylic acids is 2. The number of aryl methyl sites for hydroxylation is 3. The molecule has 0 spiro atoms. The third-order valence-electron chi connectivity index (χ3n) is 4.25. The summed E-state index contributed by atoms with van der Waals surface area (Å²) in [5.41, 5.74) is 4.69. The Morgan fingerprint density at radius 2 is 1.73 bits per heavy atom. The molecule has 5 heteroatoms. The summed E-state index contributed by atoms with van der Waals surface area (Å²) in [5, 5.41) is 5.37. The average molecular weight is 354 g/mol. The largest absolute Gasteiger partial charge is 0.494 e. The topological polar surface area (TPSA) is 67.4 Å². The molecule has 0 heterocycles. The fourth-order valence-corrected chi connectivity index (χ4v) is 2.64. The van der Waals surface area contributed by atoms with Gasteiger partial charge in [0.05, 0.1) is 12.6 Å². The van der Waals surface area contributed by atoms with Crippen LogP contribution in [-0.2, 0) is 9.59 Å². The van der Waals surface area contributed by atoms with Gasteiger partial charge < -0.3 is 15.4 Å². The minimum atomic E-state index is -0.689. The highest BCUT2D eigenvalue weighted by molar-refractivity contribution is 6.39. The number of anilines is 1. The molecule has 0 aliphatic carbocycles. The van der Waals surface area contributed by atoms with Crippen LogP contribution < -0.4 is 15.4 Å². The summed E-state index contributed by atoms with van der Waals surface area (Å²) < 4.78 is 5.62. The highest BCUT2D eigenvalue weighted by Crippen LogP contribution is 2.26. The third kappa shape index (κ3) is 4.85. The predicted molar refractivity (Wildman–Crippen MR) is 103 cm³/mol. The van der Waals surface area contributed by atoms with E-state index < -0.39 is 11.8 Å². The van der Waals surface area contributed by atoms with Gasteiger partial charge in [-0.3, -0.25) is 9.59 Å². The molecule has 2 rings (SSSR count). The summed E-state index contributed by atoms with van der Waals surface area (Å²) >= 11 is 0. The molecular formula is C21H26N2O3. The second-order valence-electron chi connectivity index (χ2n) is 6.42. The smallest absolute Gasteiger partial charge is 0.313 e. The maximum atomic E-state index is 12.3. The number of hydrogen-bond acceptors (Lipinski definition) is 3. The second kappa shape index (κ2) is 8.52. The quantitative estimate of drug-likeness (QED) is 0.802. The van der Waals surface area contributed by atoms with E-state index in [-0.39, 0.29) is 6.04 Å². The van der Waals surface area contributed by atoms with Gasteiger partial charge in [-0.2, -0.15) is 0 Å². The molecular weight excluding hydrogens is 328 g/mol. The molecule has 0 saturated carbocycles. The van der Waals surface area contributed by atoms with Crippen LogP contribution in [0, 0.1) is 20.8 Å². The molecule has 0 aliphatic rings. The van der Waals surface area contributed by atoms with E-state index in [2.05, 4.69) is 10.6 Å². The van der Waals surface area contributed by atoms with Crippen molar-refractivity contribution in [3.8, 4) is 5.75 Å². The lowest BCUT2D eigenvalue weighted by Crippen LogP contribution is -2.37. The van der Waals surface area contributed by atoms with E-state index in [0.717, 1.165) is 22.3 Å². The van der Waals surface area contributed by atoms with Gasteiger partial charge in [-0.15, -0.1) is 0 Å². The fourth-order valence-electron chi connectivity index (χ4n) is 2.64. The van der Waals surface area contributed by atoms with Crippen LogP contribution in [-0.4, -0.2) is 18.4 Å². The van der Waals surface area contributed by atoms with Crippen LogP contribution in [0.25, 0.3) is 0 Å². The first-order valence-electron chi connectivity index (χ1n) is 8.74. The van der Waals surface area contributed by atoms with Gasteiger partial charge in [0.15, 0.2) is 0 Å². The van der Waals surface area contributed by atoms with Crippen molar-refractivity contribution < 1.29 is 14.3 Å². The zero-order valence-corrected chi connectivity index (χ0v) is 16.0. The summed E-state index contributed by atoms with van der Waals surface area (Å²) in [6.45, 7) is 10.2. The summed E-state index contributed by atoms with van der Waals surface area (Å²) in [6, 6.07) is 11.0. The first kappa shape index (κ1) is 19.5. The number of benzene rings is 2. The Balaban J connectivity index is 2.07. The van der Waals surface area contributed by atoms with Crippen molar-refractivity contribution in [2.45, 2.75) is 40.7 Å². The highest BCUT2D eigenvalue weighted by atomic mass is 16.5. The Bertz CT molecular complexity index is 815. The molecule has 0 aromatic heterocycles. The molecule has 0 saturated heterocycles. The van der Waals surface area contributed by atoms with Gasteiger partial charge in [0.1, 0.15) is 5.75 Å². The van der Waals surface area contributed by atoms with Crippen molar-refractivity contribution in [2.24, 2.45) is 0 Å². The van der Waals surface area contributed by atoms with Gasteiger partial charge in [0.25, 0.3) is 0 Å². The Hall–Kier alpha value is -2.82. The number of nitrogens with one attached hydrogen (secondary N) is 2. The summed E-state index contributed by atoms with van der Waals surface area (Å²) in [4.78, 5) is 24.5. The van der Waals surface area contributed by atoms with Crippen molar-refractivity contribution in [1.82, 2.24) is 5.32 Å². The second-order valence-corrected chi connectivity index (χ2v) is 6.42. The lowest BCUT2D eigenvalue weighted by molar-refractivity contribution is -0.136. The average Bonchev–Trinajstić information content (AvgIpc) is 2.59. The molecule has 0 aliphatic heterocycles. The van der Waals surface area contributed by atoms with E-state index in [1.54, 1.807) is 6.07 Å². The molecule has 138 valence electrons. The van der Waals surface area contributed by atoms with E-state index in [0.29, 0.717) is 18.0 Å². The van der Waals surface area contributed by atoms with Crippen molar-refractivity contribution in [3.63, 3.8) is 0 Å². The van der Waals surface area contributed by atoms with E-state index in [4.69, 9.17) is 4.74 Å². The maximum Gasteiger partial charge on any atom is 0.313 e. The van der Waals surface area contributed by atoms with E-state index in [9.17, 15) is 9.59 Å². The molecule has 2 amide bonds. The van der Waals surface area contributed by atoms with E-state index in [1.807, 2.05) is 65.0 Å². The minimum Gasteiger partial charge on any atom is -0.494 e. The number of carbonyl (C=O) groups is 2. The lowest BCUT2D eigenvalue weighted by Gasteiger charge is -2.18. The highest BCUT2D eigenvalue weighted by Gasteiger charge is 2.19. The molecule has 0 radical (unpaired) electrons. The van der Waals surface area contributed by atoms with Gasteiger partial charge in [-0.25, -0.2) is 0 Å². The van der Waals surface area contributed by atoms with Crippen LogP contribution in [0.5, 0.6) is 5.75 Å². The zero-order chi connectivity index (χ0) is 19.3. The Morgan fingerprint density at radius 1 is 1.00 bits per heavy atom. The molecule has 2 aromatic carbocycles. The van der Waals surface area contributed by atoms with Gasteiger partial charge in [0, 0.05) is 11.3 Å². The third-order valence-corrected chi connectivity index (χ3v) is 4.25. The Labute approximate surface area is 154 Å². The zero-order valence-electron chi connectivity index (χ0n) is 16.0. The molecule has 0 bridgehead atoms. The normalized spacial score (nSPS) is 11.6. The SMILES string of the molecule is CCOc1ccc(C)cc1C(C)NC(=O)C(=O)Nc1ccc(C)c(C)c1. The summed E-state index contributed by atoms with van der Waals surface area (Å²) in [5.74, 6) is -0.661. The number of hydrogen-bond donors (Lipinski definition) is 2.